The molecule has 2 amide bonds. The predicted molar refractivity (Wildman–Crippen MR) is 75.8 cm³/mol. The highest BCUT2D eigenvalue weighted by Gasteiger charge is 2.37. The number of aromatic nitrogens is 1. The summed E-state index contributed by atoms with van der Waals surface area (Å²) >= 11 is 0. The fourth-order valence-corrected chi connectivity index (χ4v) is 2.50. The van der Waals surface area contributed by atoms with Gasteiger partial charge >= 0.3 is 0 Å². The molecule has 2 unspecified atom stereocenters. The van der Waals surface area contributed by atoms with Crippen molar-refractivity contribution >= 4 is 11.8 Å². The number of piperazine rings is 1. The summed E-state index contributed by atoms with van der Waals surface area (Å²) in [6, 6.07) is 5.33. The highest BCUT2D eigenvalue weighted by molar-refractivity contribution is 5.94. The van der Waals surface area contributed by atoms with E-state index < -0.39 is 6.04 Å². The lowest BCUT2D eigenvalue weighted by atomic mass is 9.95. The van der Waals surface area contributed by atoms with Gasteiger partial charge in [0.1, 0.15) is 6.04 Å². The number of aryl methyl sites for hydroxylation is 1. The number of rotatable bonds is 4. The monoisotopic (exact) mass is 275 g/mol. The maximum atomic E-state index is 12.1. The van der Waals surface area contributed by atoms with Crippen molar-refractivity contribution in [1.29, 1.82) is 0 Å². The number of carbonyl (C=O) groups excluding carboxylic acids is 2. The van der Waals surface area contributed by atoms with Gasteiger partial charge in [0.15, 0.2) is 0 Å². The van der Waals surface area contributed by atoms with Crippen molar-refractivity contribution < 1.29 is 9.59 Å². The number of hydrogen-bond donors (Lipinski definition) is 1. The lowest BCUT2D eigenvalue weighted by Gasteiger charge is -2.37. The van der Waals surface area contributed by atoms with Crippen LogP contribution in [0.3, 0.4) is 0 Å². The molecular weight excluding hydrogens is 254 g/mol. The smallest absolute Gasteiger partial charge is 0.243 e. The second-order valence-electron chi connectivity index (χ2n) is 5.34. The molecule has 5 nitrogen and oxygen atoms in total. The van der Waals surface area contributed by atoms with E-state index in [4.69, 9.17) is 0 Å². The van der Waals surface area contributed by atoms with Gasteiger partial charge < -0.3 is 10.2 Å². The molecule has 1 aliphatic rings. The van der Waals surface area contributed by atoms with Gasteiger partial charge in [-0.05, 0) is 25.0 Å². The van der Waals surface area contributed by atoms with Crippen molar-refractivity contribution in [3.8, 4) is 0 Å². The van der Waals surface area contributed by atoms with Crippen molar-refractivity contribution in [2.75, 3.05) is 6.54 Å². The summed E-state index contributed by atoms with van der Waals surface area (Å²) in [4.78, 5) is 30.3. The molecule has 5 heteroatoms. The first-order valence-corrected chi connectivity index (χ1v) is 7.02. The number of nitrogens with one attached hydrogen (secondary N) is 1. The SMILES string of the molecule is CCC(C)C1C(=O)NCC(=O)N1Cc1cccc(C)n1. The average molecular weight is 275 g/mol. The van der Waals surface area contributed by atoms with Gasteiger partial charge in [0.25, 0.3) is 0 Å². The topological polar surface area (TPSA) is 62.3 Å². The normalized spacial score (nSPS) is 20.8. The van der Waals surface area contributed by atoms with E-state index in [-0.39, 0.29) is 24.3 Å². The van der Waals surface area contributed by atoms with Gasteiger partial charge in [-0.15, -0.1) is 0 Å². The van der Waals surface area contributed by atoms with E-state index in [9.17, 15) is 9.59 Å². The zero-order valence-corrected chi connectivity index (χ0v) is 12.2. The van der Waals surface area contributed by atoms with Crippen molar-refractivity contribution in [3.63, 3.8) is 0 Å². The van der Waals surface area contributed by atoms with E-state index in [1.54, 1.807) is 4.90 Å². The molecule has 0 saturated carbocycles. The molecule has 108 valence electrons. The minimum atomic E-state index is -0.399. The summed E-state index contributed by atoms with van der Waals surface area (Å²) in [6.07, 6.45) is 0.850. The molecular formula is C15H21N3O2. The lowest BCUT2D eigenvalue weighted by Crippen LogP contribution is -2.60. The van der Waals surface area contributed by atoms with Crippen molar-refractivity contribution in [3.05, 3.63) is 29.6 Å². The van der Waals surface area contributed by atoms with Gasteiger partial charge in [-0.3, -0.25) is 14.6 Å². The maximum Gasteiger partial charge on any atom is 0.243 e. The third kappa shape index (κ3) is 2.98. The van der Waals surface area contributed by atoms with Crippen LogP contribution in [0.2, 0.25) is 0 Å². The van der Waals surface area contributed by atoms with Crippen LogP contribution in [0.4, 0.5) is 0 Å². The summed E-state index contributed by atoms with van der Waals surface area (Å²) in [7, 11) is 0. The largest absolute Gasteiger partial charge is 0.345 e. The quantitative estimate of drug-likeness (QED) is 0.900. The number of amides is 2. The van der Waals surface area contributed by atoms with Gasteiger partial charge in [-0.1, -0.05) is 26.3 Å². The van der Waals surface area contributed by atoms with Gasteiger partial charge in [-0.25, -0.2) is 0 Å². The van der Waals surface area contributed by atoms with E-state index >= 15 is 0 Å². The standard InChI is InChI=1S/C15H21N3O2/c1-4-10(2)14-15(20)16-8-13(19)18(14)9-12-7-5-6-11(3)17-12/h5-7,10,14H,4,8-9H2,1-3H3,(H,16,20). The molecule has 2 rings (SSSR count). The lowest BCUT2D eigenvalue weighted by molar-refractivity contribution is -0.148. The fraction of sp³-hybridized carbons (Fsp3) is 0.533. The number of hydrogen-bond acceptors (Lipinski definition) is 3. The molecule has 0 radical (unpaired) electrons. The minimum absolute atomic E-state index is 0.0433. The van der Waals surface area contributed by atoms with E-state index in [0.29, 0.717) is 6.54 Å². The average Bonchev–Trinajstić information content (AvgIpc) is 2.42. The molecule has 1 saturated heterocycles. The first-order chi connectivity index (χ1) is 9.52. The number of pyridine rings is 1. The fourth-order valence-electron chi connectivity index (χ4n) is 2.50. The van der Waals surface area contributed by atoms with Crippen LogP contribution in [0.1, 0.15) is 31.7 Å². The molecule has 0 aromatic carbocycles. The maximum absolute atomic E-state index is 12.1. The molecule has 0 aliphatic carbocycles. The predicted octanol–water partition coefficient (Wildman–Crippen LogP) is 1.26. The minimum Gasteiger partial charge on any atom is -0.345 e. The second-order valence-corrected chi connectivity index (χ2v) is 5.34. The van der Waals surface area contributed by atoms with Crippen molar-refractivity contribution in [2.24, 2.45) is 5.92 Å². The zero-order chi connectivity index (χ0) is 14.7. The Morgan fingerprint density at radius 2 is 2.20 bits per heavy atom. The Kier molecular flexibility index (Phi) is 4.37. The molecule has 1 N–H and O–H groups in total. The third-order valence-electron chi connectivity index (χ3n) is 3.80. The zero-order valence-electron chi connectivity index (χ0n) is 12.2. The Morgan fingerprint density at radius 3 is 2.85 bits per heavy atom. The number of nitrogens with zero attached hydrogens (tertiary/aromatic N) is 2. The van der Waals surface area contributed by atoms with E-state index in [0.717, 1.165) is 17.8 Å². The molecule has 1 aromatic rings. The summed E-state index contributed by atoms with van der Waals surface area (Å²) in [6.45, 7) is 6.42. The Hall–Kier alpha value is -1.91. The van der Waals surface area contributed by atoms with Crippen molar-refractivity contribution in [1.82, 2.24) is 15.2 Å². The van der Waals surface area contributed by atoms with E-state index in [1.165, 1.54) is 0 Å². The van der Waals surface area contributed by atoms with Crippen LogP contribution in [-0.2, 0) is 16.1 Å². The first kappa shape index (κ1) is 14.5. The molecule has 1 aliphatic heterocycles. The molecule has 0 bridgehead atoms. The Morgan fingerprint density at radius 1 is 1.45 bits per heavy atom. The van der Waals surface area contributed by atoms with Crippen LogP contribution in [0.5, 0.6) is 0 Å². The van der Waals surface area contributed by atoms with Crippen LogP contribution >= 0.6 is 0 Å². The summed E-state index contributed by atoms with van der Waals surface area (Å²) in [5.41, 5.74) is 1.73. The van der Waals surface area contributed by atoms with Crippen LogP contribution in [-0.4, -0.2) is 34.3 Å². The summed E-state index contributed by atoms with van der Waals surface area (Å²) < 4.78 is 0. The van der Waals surface area contributed by atoms with E-state index in [1.807, 2.05) is 39.0 Å². The molecule has 2 atom stereocenters. The first-order valence-electron chi connectivity index (χ1n) is 7.02. The van der Waals surface area contributed by atoms with Crippen LogP contribution in [0.25, 0.3) is 0 Å². The van der Waals surface area contributed by atoms with Gasteiger partial charge in [-0.2, -0.15) is 0 Å². The third-order valence-corrected chi connectivity index (χ3v) is 3.80. The summed E-state index contributed by atoms with van der Waals surface area (Å²) in [5.74, 6) is 0.0221. The molecule has 1 aromatic heterocycles. The van der Waals surface area contributed by atoms with Crippen LogP contribution in [0, 0.1) is 12.8 Å². The Labute approximate surface area is 119 Å². The Bertz CT molecular complexity index is 516. The molecule has 2 heterocycles. The highest BCUT2D eigenvalue weighted by Crippen LogP contribution is 2.20. The highest BCUT2D eigenvalue weighted by atomic mass is 16.2. The second kappa shape index (κ2) is 6.03. The Balaban J connectivity index is 2.24. The van der Waals surface area contributed by atoms with E-state index in [2.05, 4.69) is 10.3 Å². The van der Waals surface area contributed by atoms with Gasteiger partial charge in [0, 0.05) is 5.69 Å². The molecule has 20 heavy (non-hydrogen) atoms. The molecule has 1 fully saturated rings. The van der Waals surface area contributed by atoms with Crippen LogP contribution in [0.15, 0.2) is 18.2 Å². The number of carbonyl (C=O) groups is 2. The van der Waals surface area contributed by atoms with Gasteiger partial charge in [0.05, 0.1) is 18.8 Å². The van der Waals surface area contributed by atoms with Crippen molar-refractivity contribution in [2.45, 2.75) is 39.8 Å². The van der Waals surface area contributed by atoms with Crippen LogP contribution < -0.4 is 5.32 Å². The molecule has 0 spiro atoms. The van der Waals surface area contributed by atoms with Gasteiger partial charge in [0.2, 0.25) is 11.8 Å². The summed E-state index contributed by atoms with van der Waals surface area (Å²) in [5, 5.41) is 2.67.